The van der Waals surface area contributed by atoms with Crippen LogP contribution in [-0.2, 0) is 0 Å². The molecule has 1 rings (SSSR count). The van der Waals surface area contributed by atoms with Gasteiger partial charge in [0.05, 0.1) is 11.9 Å². The van der Waals surface area contributed by atoms with Gasteiger partial charge in [-0.3, -0.25) is 4.99 Å². The average Bonchev–Trinajstić information content (AvgIpc) is 2.36. The van der Waals surface area contributed by atoms with E-state index in [1.807, 2.05) is 6.34 Å². The van der Waals surface area contributed by atoms with Gasteiger partial charge in [-0.1, -0.05) is 13.8 Å². The average molecular weight is 126 g/mol. The Morgan fingerprint density at radius 3 is 2.44 bits per heavy atom. The summed E-state index contributed by atoms with van der Waals surface area (Å²) in [5, 5.41) is 3.12. The molecule has 1 N–H and O–H groups in total. The third kappa shape index (κ3) is 1.07. The van der Waals surface area contributed by atoms with Crippen LogP contribution in [0.5, 0.6) is 0 Å². The van der Waals surface area contributed by atoms with Gasteiger partial charge in [0.2, 0.25) is 0 Å². The van der Waals surface area contributed by atoms with Gasteiger partial charge in [-0.05, 0) is 12.8 Å². The van der Waals surface area contributed by atoms with E-state index in [0.29, 0.717) is 0 Å². The first kappa shape index (κ1) is 6.59. The van der Waals surface area contributed by atoms with Crippen LogP contribution in [0, 0.1) is 0 Å². The molecule has 0 spiro atoms. The Labute approximate surface area is 56.4 Å². The number of nitrogens with zero attached hydrogens (tertiary/aromatic N) is 1. The molecule has 1 aliphatic heterocycles. The van der Waals surface area contributed by atoms with E-state index in [9.17, 15) is 0 Å². The van der Waals surface area contributed by atoms with Crippen LogP contribution in [0.2, 0.25) is 0 Å². The van der Waals surface area contributed by atoms with Crippen LogP contribution in [0.15, 0.2) is 4.99 Å². The summed E-state index contributed by atoms with van der Waals surface area (Å²) in [5.41, 5.74) is 0.236. The van der Waals surface area contributed by atoms with Gasteiger partial charge in [0, 0.05) is 6.54 Å². The molecule has 2 heteroatoms. The van der Waals surface area contributed by atoms with Gasteiger partial charge in [0.25, 0.3) is 0 Å². The van der Waals surface area contributed by atoms with Crippen molar-refractivity contribution in [2.45, 2.75) is 32.2 Å². The molecule has 0 atom stereocenters. The molecule has 0 aromatic heterocycles. The van der Waals surface area contributed by atoms with Gasteiger partial charge in [0.15, 0.2) is 0 Å². The van der Waals surface area contributed by atoms with E-state index in [2.05, 4.69) is 24.2 Å². The molecule has 0 fully saturated rings. The molecular formula is C7H14N2. The Morgan fingerprint density at radius 2 is 2.22 bits per heavy atom. The smallest absolute Gasteiger partial charge is 0.0832 e. The summed E-state index contributed by atoms with van der Waals surface area (Å²) >= 11 is 0. The molecule has 0 amide bonds. The number of hydrogen-bond acceptors (Lipinski definition) is 2. The molecule has 0 saturated heterocycles. The summed E-state index contributed by atoms with van der Waals surface area (Å²) in [6, 6.07) is 0. The molecule has 0 unspecified atom stereocenters. The van der Waals surface area contributed by atoms with Crippen LogP contribution in [0.4, 0.5) is 0 Å². The molecule has 0 saturated carbocycles. The van der Waals surface area contributed by atoms with Gasteiger partial charge < -0.3 is 5.32 Å². The van der Waals surface area contributed by atoms with Crippen molar-refractivity contribution in [3.05, 3.63) is 0 Å². The molecule has 52 valence electrons. The minimum Gasteiger partial charge on any atom is -0.374 e. The molecule has 0 aliphatic carbocycles. The second-order valence-electron chi connectivity index (χ2n) is 2.57. The Kier molecular flexibility index (Phi) is 1.74. The summed E-state index contributed by atoms with van der Waals surface area (Å²) in [7, 11) is 0. The van der Waals surface area contributed by atoms with E-state index in [4.69, 9.17) is 0 Å². The van der Waals surface area contributed by atoms with Gasteiger partial charge in [-0.15, -0.1) is 0 Å². The van der Waals surface area contributed by atoms with Crippen LogP contribution in [0.25, 0.3) is 0 Å². The largest absolute Gasteiger partial charge is 0.374 e. The standard InChI is InChI=1S/C7H14N2/c1-3-7(4-2)5-8-6-9-7/h6H,3-5H2,1-2H3,(H,8,9). The fourth-order valence-corrected chi connectivity index (χ4v) is 1.15. The lowest BCUT2D eigenvalue weighted by Gasteiger charge is -2.20. The van der Waals surface area contributed by atoms with Crippen LogP contribution >= 0.6 is 0 Å². The summed E-state index contributed by atoms with van der Waals surface area (Å²) in [6.07, 6.45) is 4.12. The third-order valence-electron chi connectivity index (χ3n) is 2.18. The molecule has 1 heterocycles. The van der Waals surface area contributed by atoms with Crippen LogP contribution in [0.3, 0.4) is 0 Å². The second kappa shape index (κ2) is 2.38. The summed E-state index contributed by atoms with van der Waals surface area (Å²) in [6.45, 7) is 5.40. The van der Waals surface area contributed by atoms with Gasteiger partial charge in [0.1, 0.15) is 0 Å². The fraction of sp³-hybridized carbons (Fsp3) is 0.857. The normalized spacial score (nSPS) is 22.0. The first-order valence-electron chi connectivity index (χ1n) is 3.60. The second-order valence-corrected chi connectivity index (χ2v) is 2.57. The highest BCUT2D eigenvalue weighted by Crippen LogP contribution is 2.20. The lowest BCUT2D eigenvalue weighted by atomic mass is 9.95. The van der Waals surface area contributed by atoms with Crippen LogP contribution in [-0.4, -0.2) is 18.4 Å². The first-order valence-corrected chi connectivity index (χ1v) is 3.60. The highest BCUT2D eigenvalue weighted by atomic mass is 15.1. The zero-order valence-corrected chi connectivity index (χ0v) is 6.15. The number of hydrogen-bond donors (Lipinski definition) is 1. The van der Waals surface area contributed by atoms with E-state index in [-0.39, 0.29) is 5.54 Å². The van der Waals surface area contributed by atoms with Crippen LogP contribution in [0.1, 0.15) is 26.7 Å². The van der Waals surface area contributed by atoms with Crippen LogP contribution < -0.4 is 5.32 Å². The molecular weight excluding hydrogens is 112 g/mol. The van der Waals surface area contributed by atoms with E-state index < -0.39 is 0 Å². The highest BCUT2D eigenvalue weighted by molar-refractivity contribution is 5.58. The minimum atomic E-state index is 0.236. The zero-order valence-electron chi connectivity index (χ0n) is 6.15. The quantitative estimate of drug-likeness (QED) is 0.590. The molecule has 9 heavy (non-hydrogen) atoms. The van der Waals surface area contributed by atoms with Crippen molar-refractivity contribution >= 4 is 6.34 Å². The van der Waals surface area contributed by atoms with Gasteiger partial charge >= 0.3 is 0 Å². The lowest BCUT2D eigenvalue weighted by molar-refractivity contribution is 0.420. The zero-order chi connectivity index (χ0) is 6.74. The molecule has 1 aliphatic rings. The van der Waals surface area contributed by atoms with E-state index in [1.165, 1.54) is 0 Å². The maximum Gasteiger partial charge on any atom is 0.0832 e. The molecule has 0 aromatic carbocycles. The monoisotopic (exact) mass is 126 g/mol. The van der Waals surface area contributed by atoms with Crippen molar-refractivity contribution in [2.75, 3.05) is 6.54 Å². The number of nitrogens with one attached hydrogen (secondary N) is 1. The molecule has 0 radical (unpaired) electrons. The molecule has 2 nitrogen and oxygen atoms in total. The van der Waals surface area contributed by atoms with E-state index in [0.717, 1.165) is 19.4 Å². The third-order valence-corrected chi connectivity index (χ3v) is 2.18. The highest BCUT2D eigenvalue weighted by Gasteiger charge is 2.26. The van der Waals surface area contributed by atoms with E-state index in [1.54, 1.807) is 0 Å². The van der Waals surface area contributed by atoms with Crippen molar-refractivity contribution in [1.82, 2.24) is 5.32 Å². The van der Waals surface area contributed by atoms with Crippen molar-refractivity contribution < 1.29 is 0 Å². The van der Waals surface area contributed by atoms with Gasteiger partial charge in [-0.2, -0.15) is 0 Å². The number of aliphatic imine (C=N–C) groups is 1. The fourth-order valence-electron chi connectivity index (χ4n) is 1.15. The summed E-state index contributed by atoms with van der Waals surface area (Å²) in [5.74, 6) is 0. The predicted octanol–water partition coefficient (Wildman–Crippen LogP) is 1.18. The number of rotatable bonds is 2. The van der Waals surface area contributed by atoms with E-state index >= 15 is 0 Å². The molecule has 0 aromatic rings. The van der Waals surface area contributed by atoms with Gasteiger partial charge in [-0.25, -0.2) is 0 Å². The Balaban J connectivity index is 2.57. The minimum absolute atomic E-state index is 0.236. The maximum absolute atomic E-state index is 4.37. The topological polar surface area (TPSA) is 24.4 Å². The first-order chi connectivity index (χ1) is 4.33. The predicted molar refractivity (Wildman–Crippen MR) is 39.8 cm³/mol. The molecule has 0 bridgehead atoms. The summed E-state index contributed by atoms with van der Waals surface area (Å²) < 4.78 is 0. The Bertz CT molecular complexity index is 114. The Hall–Kier alpha value is -0.530. The van der Waals surface area contributed by atoms with Crippen molar-refractivity contribution in [3.8, 4) is 0 Å². The SMILES string of the molecule is CCC1(CC)CNC=N1. The summed E-state index contributed by atoms with van der Waals surface area (Å²) in [4.78, 5) is 4.37. The van der Waals surface area contributed by atoms with Crippen molar-refractivity contribution in [3.63, 3.8) is 0 Å². The van der Waals surface area contributed by atoms with Crippen molar-refractivity contribution in [2.24, 2.45) is 4.99 Å². The van der Waals surface area contributed by atoms with Crippen molar-refractivity contribution in [1.29, 1.82) is 0 Å². The Morgan fingerprint density at radius 1 is 1.56 bits per heavy atom. The maximum atomic E-state index is 4.37. The lowest BCUT2D eigenvalue weighted by Crippen LogP contribution is -2.30.